The third-order valence-electron chi connectivity index (χ3n) is 3.71. The van der Waals surface area contributed by atoms with Crippen molar-refractivity contribution in [3.05, 3.63) is 29.3 Å². The van der Waals surface area contributed by atoms with Crippen LogP contribution in [0.5, 0.6) is 0 Å². The molecular formula is C14H19N3O. The highest BCUT2D eigenvalue weighted by Gasteiger charge is 2.19. The fourth-order valence-electron chi connectivity index (χ4n) is 2.66. The first-order valence-electron chi connectivity index (χ1n) is 6.72. The highest BCUT2D eigenvalue weighted by molar-refractivity contribution is 5.92. The molecule has 0 saturated carbocycles. The Hall–Kier alpha value is -1.55. The van der Waals surface area contributed by atoms with Crippen LogP contribution in [-0.2, 0) is 13.1 Å². The standard InChI is InChI=1S/C14H19N3O/c18-14-16-6-2-1-3-7-17(14)13-5-4-11-9-15-10-12(11)8-13/h4-5,8,15H,1-3,6-7,9-10H2,(H,16,18). The van der Waals surface area contributed by atoms with E-state index >= 15 is 0 Å². The third kappa shape index (κ3) is 2.20. The Bertz CT molecular complexity index is 458. The van der Waals surface area contributed by atoms with Gasteiger partial charge in [0.15, 0.2) is 0 Å². The fourth-order valence-corrected chi connectivity index (χ4v) is 2.66. The second kappa shape index (κ2) is 4.98. The predicted molar refractivity (Wildman–Crippen MR) is 71.6 cm³/mol. The van der Waals surface area contributed by atoms with Crippen LogP contribution in [0, 0.1) is 0 Å². The van der Waals surface area contributed by atoms with Gasteiger partial charge in [0, 0.05) is 31.9 Å². The number of nitrogens with one attached hydrogen (secondary N) is 2. The Labute approximate surface area is 107 Å². The zero-order valence-corrected chi connectivity index (χ0v) is 10.5. The van der Waals surface area contributed by atoms with E-state index in [9.17, 15) is 4.79 Å². The number of amides is 2. The molecule has 2 heterocycles. The summed E-state index contributed by atoms with van der Waals surface area (Å²) in [7, 11) is 0. The zero-order valence-electron chi connectivity index (χ0n) is 10.5. The van der Waals surface area contributed by atoms with E-state index in [1.807, 2.05) is 4.90 Å². The molecule has 1 saturated heterocycles. The summed E-state index contributed by atoms with van der Waals surface area (Å²) in [4.78, 5) is 13.9. The minimum absolute atomic E-state index is 0.0422. The van der Waals surface area contributed by atoms with Gasteiger partial charge in [-0.3, -0.25) is 4.90 Å². The van der Waals surface area contributed by atoms with E-state index in [4.69, 9.17) is 0 Å². The van der Waals surface area contributed by atoms with Crippen LogP contribution in [0.1, 0.15) is 30.4 Å². The second-order valence-corrected chi connectivity index (χ2v) is 5.00. The third-order valence-corrected chi connectivity index (χ3v) is 3.71. The Kier molecular flexibility index (Phi) is 3.19. The van der Waals surface area contributed by atoms with Crippen molar-refractivity contribution < 1.29 is 4.79 Å². The molecule has 0 bridgehead atoms. The maximum Gasteiger partial charge on any atom is 0.321 e. The lowest BCUT2D eigenvalue weighted by molar-refractivity contribution is 0.244. The average Bonchev–Trinajstić information content (AvgIpc) is 2.81. The minimum Gasteiger partial charge on any atom is -0.338 e. The number of carbonyl (C=O) groups excluding carboxylic acids is 1. The number of fused-ring (bicyclic) bond motifs is 1. The fraction of sp³-hybridized carbons (Fsp3) is 0.500. The molecule has 96 valence electrons. The van der Waals surface area contributed by atoms with E-state index in [-0.39, 0.29) is 6.03 Å². The summed E-state index contributed by atoms with van der Waals surface area (Å²) in [5.74, 6) is 0. The first kappa shape index (κ1) is 11.5. The number of rotatable bonds is 1. The quantitative estimate of drug-likeness (QED) is 0.794. The SMILES string of the molecule is O=C1NCCCCCN1c1ccc2c(c1)CNC2. The van der Waals surface area contributed by atoms with E-state index in [2.05, 4.69) is 28.8 Å². The smallest absolute Gasteiger partial charge is 0.321 e. The summed E-state index contributed by atoms with van der Waals surface area (Å²) in [5.41, 5.74) is 3.70. The Morgan fingerprint density at radius 3 is 2.89 bits per heavy atom. The first-order valence-corrected chi connectivity index (χ1v) is 6.72. The molecule has 1 aromatic rings. The maximum absolute atomic E-state index is 12.1. The van der Waals surface area contributed by atoms with Crippen LogP contribution < -0.4 is 15.5 Å². The molecule has 0 aliphatic carbocycles. The molecule has 2 aliphatic heterocycles. The van der Waals surface area contributed by atoms with E-state index < -0.39 is 0 Å². The van der Waals surface area contributed by atoms with Crippen molar-refractivity contribution in [3.8, 4) is 0 Å². The molecule has 3 rings (SSSR count). The second-order valence-electron chi connectivity index (χ2n) is 5.00. The van der Waals surface area contributed by atoms with Crippen molar-refractivity contribution in [1.82, 2.24) is 10.6 Å². The Morgan fingerprint density at radius 1 is 1.06 bits per heavy atom. The zero-order chi connectivity index (χ0) is 12.4. The number of hydrogen-bond acceptors (Lipinski definition) is 2. The van der Waals surface area contributed by atoms with Crippen LogP contribution in [-0.4, -0.2) is 19.1 Å². The number of anilines is 1. The van der Waals surface area contributed by atoms with Crippen molar-refractivity contribution in [2.45, 2.75) is 32.4 Å². The lowest BCUT2D eigenvalue weighted by Gasteiger charge is -2.25. The average molecular weight is 245 g/mol. The van der Waals surface area contributed by atoms with Gasteiger partial charge in [0.05, 0.1) is 0 Å². The van der Waals surface area contributed by atoms with Gasteiger partial charge in [-0.25, -0.2) is 4.79 Å². The highest BCUT2D eigenvalue weighted by Crippen LogP contribution is 2.24. The molecule has 0 unspecified atom stereocenters. The van der Waals surface area contributed by atoms with Crippen LogP contribution in [0.25, 0.3) is 0 Å². The van der Waals surface area contributed by atoms with Gasteiger partial charge in [0.25, 0.3) is 0 Å². The summed E-state index contributed by atoms with van der Waals surface area (Å²) >= 11 is 0. The predicted octanol–water partition coefficient (Wildman–Crippen LogP) is 1.99. The molecule has 0 spiro atoms. The van der Waals surface area contributed by atoms with Crippen LogP contribution in [0.15, 0.2) is 18.2 Å². The largest absolute Gasteiger partial charge is 0.338 e. The van der Waals surface area contributed by atoms with E-state index in [0.29, 0.717) is 0 Å². The molecule has 0 atom stereocenters. The van der Waals surface area contributed by atoms with Crippen LogP contribution in [0.4, 0.5) is 10.5 Å². The van der Waals surface area contributed by atoms with E-state index in [1.54, 1.807) is 0 Å². The lowest BCUT2D eigenvalue weighted by Crippen LogP contribution is -2.42. The number of benzene rings is 1. The number of urea groups is 1. The van der Waals surface area contributed by atoms with Gasteiger partial charge in [-0.05, 0) is 42.5 Å². The van der Waals surface area contributed by atoms with Crippen molar-refractivity contribution in [2.75, 3.05) is 18.0 Å². The molecule has 18 heavy (non-hydrogen) atoms. The summed E-state index contributed by atoms with van der Waals surface area (Å²) in [6, 6.07) is 6.39. The molecule has 2 amide bonds. The lowest BCUT2D eigenvalue weighted by atomic mass is 10.1. The van der Waals surface area contributed by atoms with Gasteiger partial charge in [-0.1, -0.05) is 6.07 Å². The van der Waals surface area contributed by atoms with Crippen molar-refractivity contribution in [3.63, 3.8) is 0 Å². The van der Waals surface area contributed by atoms with E-state index in [0.717, 1.165) is 44.7 Å². The molecule has 0 radical (unpaired) electrons. The monoisotopic (exact) mass is 245 g/mol. The summed E-state index contributed by atoms with van der Waals surface area (Å²) < 4.78 is 0. The van der Waals surface area contributed by atoms with Gasteiger partial charge >= 0.3 is 6.03 Å². The minimum atomic E-state index is 0.0422. The van der Waals surface area contributed by atoms with Crippen LogP contribution in [0.3, 0.4) is 0 Å². The summed E-state index contributed by atoms with van der Waals surface area (Å²) in [6.45, 7) is 3.47. The summed E-state index contributed by atoms with van der Waals surface area (Å²) in [5, 5.41) is 6.30. The van der Waals surface area contributed by atoms with Gasteiger partial charge in [-0.2, -0.15) is 0 Å². The summed E-state index contributed by atoms with van der Waals surface area (Å²) in [6.07, 6.45) is 3.36. The molecule has 1 aromatic carbocycles. The van der Waals surface area contributed by atoms with Crippen molar-refractivity contribution >= 4 is 11.7 Å². The molecule has 2 N–H and O–H groups in total. The van der Waals surface area contributed by atoms with Crippen LogP contribution >= 0.6 is 0 Å². The molecular weight excluding hydrogens is 226 g/mol. The Balaban J connectivity index is 1.85. The molecule has 0 aromatic heterocycles. The number of carbonyl (C=O) groups is 1. The molecule has 1 fully saturated rings. The highest BCUT2D eigenvalue weighted by atomic mass is 16.2. The topological polar surface area (TPSA) is 44.4 Å². The maximum atomic E-state index is 12.1. The molecule has 2 aliphatic rings. The van der Waals surface area contributed by atoms with Crippen LogP contribution in [0.2, 0.25) is 0 Å². The molecule has 4 heteroatoms. The van der Waals surface area contributed by atoms with E-state index in [1.165, 1.54) is 17.5 Å². The van der Waals surface area contributed by atoms with Gasteiger partial charge < -0.3 is 10.6 Å². The number of hydrogen-bond donors (Lipinski definition) is 2. The first-order chi connectivity index (χ1) is 8.84. The Morgan fingerprint density at radius 2 is 1.94 bits per heavy atom. The number of nitrogens with zero attached hydrogens (tertiary/aromatic N) is 1. The van der Waals surface area contributed by atoms with Gasteiger partial charge in [0.1, 0.15) is 0 Å². The van der Waals surface area contributed by atoms with Gasteiger partial charge in [-0.15, -0.1) is 0 Å². The molecule has 4 nitrogen and oxygen atoms in total. The van der Waals surface area contributed by atoms with Crippen molar-refractivity contribution in [2.24, 2.45) is 0 Å². The normalized spacial score (nSPS) is 20.0. The van der Waals surface area contributed by atoms with Crippen molar-refractivity contribution in [1.29, 1.82) is 0 Å². The van der Waals surface area contributed by atoms with Gasteiger partial charge in [0.2, 0.25) is 0 Å².